The van der Waals surface area contributed by atoms with Crippen molar-refractivity contribution in [1.29, 1.82) is 0 Å². The molecule has 4 aromatic carbocycles. The SMILES string of the molecule is CCN(CC)C(=O)Oc1c(C)cc2ccccc2c1-c1c(O)ccc2ccccc12. The van der Waals surface area contributed by atoms with E-state index in [-0.39, 0.29) is 11.8 Å². The summed E-state index contributed by atoms with van der Waals surface area (Å²) in [5, 5.41) is 14.8. The smallest absolute Gasteiger partial charge is 0.415 e. The molecule has 0 aliphatic rings. The van der Waals surface area contributed by atoms with Crippen LogP contribution >= 0.6 is 0 Å². The number of aromatic hydroxyl groups is 1. The monoisotopic (exact) mass is 399 g/mol. The third-order valence-electron chi connectivity index (χ3n) is 5.56. The van der Waals surface area contributed by atoms with Crippen molar-refractivity contribution in [3.05, 3.63) is 72.3 Å². The Labute approximate surface area is 176 Å². The molecule has 1 N–H and O–H groups in total. The van der Waals surface area contributed by atoms with E-state index in [1.54, 1.807) is 11.0 Å². The van der Waals surface area contributed by atoms with Crippen molar-refractivity contribution < 1.29 is 14.6 Å². The molecule has 0 unspecified atom stereocenters. The number of nitrogens with zero attached hydrogens (tertiary/aromatic N) is 1. The summed E-state index contributed by atoms with van der Waals surface area (Å²) in [6, 6.07) is 21.5. The number of ether oxygens (including phenoxy) is 1. The Morgan fingerprint density at radius 2 is 1.47 bits per heavy atom. The predicted octanol–water partition coefficient (Wildman–Crippen LogP) is 6.51. The number of carbonyl (C=O) groups is 1. The maximum absolute atomic E-state index is 12.8. The second kappa shape index (κ2) is 8.07. The number of aryl methyl sites for hydroxylation is 1. The van der Waals surface area contributed by atoms with Gasteiger partial charge in [-0.1, -0.05) is 54.6 Å². The lowest BCUT2D eigenvalue weighted by Crippen LogP contribution is -2.33. The highest BCUT2D eigenvalue weighted by molar-refractivity contribution is 6.10. The van der Waals surface area contributed by atoms with Crippen LogP contribution in [0.5, 0.6) is 11.5 Å². The number of rotatable bonds is 4. The molecule has 1 amide bonds. The van der Waals surface area contributed by atoms with Crippen LogP contribution in [0.2, 0.25) is 0 Å². The molecule has 0 atom stereocenters. The summed E-state index contributed by atoms with van der Waals surface area (Å²) in [4.78, 5) is 14.5. The molecular formula is C26H25NO3. The molecule has 0 radical (unpaired) electrons. The van der Waals surface area contributed by atoms with Crippen LogP contribution in [0.3, 0.4) is 0 Å². The zero-order valence-corrected chi connectivity index (χ0v) is 17.5. The second-order valence-electron chi connectivity index (χ2n) is 7.34. The van der Waals surface area contributed by atoms with E-state index < -0.39 is 0 Å². The second-order valence-corrected chi connectivity index (χ2v) is 7.34. The van der Waals surface area contributed by atoms with Gasteiger partial charge >= 0.3 is 6.09 Å². The Bertz CT molecular complexity index is 1240. The molecular weight excluding hydrogens is 374 g/mol. The molecule has 30 heavy (non-hydrogen) atoms. The van der Waals surface area contributed by atoms with Gasteiger partial charge in [-0.25, -0.2) is 4.79 Å². The zero-order chi connectivity index (χ0) is 21.3. The average Bonchev–Trinajstić information content (AvgIpc) is 2.76. The molecule has 0 bridgehead atoms. The Kier molecular flexibility index (Phi) is 5.32. The predicted molar refractivity (Wildman–Crippen MR) is 122 cm³/mol. The van der Waals surface area contributed by atoms with Crippen LogP contribution in [0, 0.1) is 6.92 Å². The standard InChI is InChI=1S/C26H25NO3/c1-4-27(5-2)26(29)30-25-17(3)16-19-11-7-9-13-21(19)24(25)23-20-12-8-6-10-18(20)14-15-22(23)28/h6-16,28H,4-5H2,1-3H3. The number of amides is 1. The third-order valence-corrected chi connectivity index (χ3v) is 5.56. The van der Waals surface area contributed by atoms with Gasteiger partial charge in [-0.15, -0.1) is 0 Å². The molecule has 4 rings (SSSR count). The van der Waals surface area contributed by atoms with Gasteiger partial charge in [-0.2, -0.15) is 0 Å². The summed E-state index contributed by atoms with van der Waals surface area (Å²) >= 11 is 0. The van der Waals surface area contributed by atoms with Crippen molar-refractivity contribution >= 4 is 27.6 Å². The van der Waals surface area contributed by atoms with E-state index in [0.717, 1.165) is 32.7 Å². The normalized spacial score (nSPS) is 11.0. The van der Waals surface area contributed by atoms with E-state index in [4.69, 9.17) is 4.74 Å². The highest BCUT2D eigenvalue weighted by atomic mass is 16.6. The third kappa shape index (κ3) is 3.35. The highest BCUT2D eigenvalue weighted by Gasteiger charge is 2.23. The van der Waals surface area contributed by atoms with Gasteiger partial charge in [-0.3, -0.25) is 0 Å². The first kappa shape index (κ1) is 19.8. The fourth-order valence-electron chi connectivity index (χ4n) is 4.00. The first-order chi connectivity index (χ1) is 14.5. The topological polar surface area (TPSA) is 49.8 Å². The van der Waals surface area contributed by atoms with E-state index in [0.29, 0.717) is 24.4 Å². The average molecular weight is 399 g/mol. The molecule has 0 fully saturated rings. The largest absolute Gasteiger partial charge is 0.507 e. The van der Waals surface area contributed by atoms with E-state index in [1.165, 1.54) is 0 Å². The van der Waals surface area contributed by atoms with Crippen LogP contribution in [-0.2, 0) is 0 Å². The van der Waals surface area contributed by atoms with Crippen LogP contribution in [0.4, 0.5) is 4.79 Å². The lowest BCUT2D eigenvalue weighted by molar-refractivity contribution is 0.157. The molecule has 0 saturated carbocycles. The first-order valence-corrected chi connectivity index (χ1v) is 10.2. The van der Waals surface area contributed by atoms with Gasteiger partial charge in [0, 0.05) is 24.2 Å². The number of fused-ring (bicyclic) bond motifs is 2. The summed E-state index contributed by atoms with van der Waals surface area (Å²) in [7, 11) is 0. The maximum atomic E-state index is 12.8. The van der Waals surface area contributed by atoms with Gasteiger partial charge in [-0.05, 0) is 60.0 Å². The van der Waals surface area contributed by atoms with E-state index in [1.807, 2.05) is 81.4 Å². The van der Waals surface area contributed by atoms with Crippen molar-refractivity contribution in [2.75, 3.05) is 13.1 Å². The quantitative estimate of drug-likeness (QED) is 0.425. The van der Waals surface area contributed by atoms with Crippen molar-refractivity contribution in [2.24, 2.45) is 0 Å². The molecule has 0 heterocycles. The minimum absolute atomic E-state index is 0.157. The van der Waals surface area contributed by atoms with Gasteiger partial charge in [0.15, 0.2) is 0 Å². The van der Waals surface area contributed by atoms with Gasteiger partial charge in [0.2, 0.25) is 0 Å². The first-order valence-electron chi connectivity index (χ1n) is 10.2. The summed E-state index contributed by atoms with van der Waals surface area (Å²) in [5.41, 5.74) is 2.26. The number of hydrogen-bond acceptors (Lipinski definition) is 3. The minimum Gasteiger partial charge on any atom is -0.507 e. The summed E-state index contributed by atoms with van der Waals surface area (Å²) in [6.45, 7) is 6.92. The van der Waals surface area contributed by atoms with Crippen LogP contribution < -0.4 is 4.74 Å². The van der Waals surface area contributed by atoms with Gasteiger partial charge < -0.3 is 14.7 Å². The Morgan fingerprint density at radius 3 is 2.13 bits per heavy atom. The molecule has 4 nitrogen and oxygen atoms in total. The van der Waals surface area contributed by atoms with Crippen LogP contribution in [0.25, 0.3) is 32.7 Å². The number of hydrogen-bond donors (Lipinski definition) is 1. The van der Waals surface area contributed by atoms with Crippen molar-refractivity contribution in [3.8, 4) is 22.6 Å². The minimum atomic E-state index is -0.389. The fraction of sp³-hybridized carbons (Fsp3) is 0.192. The lowest BCUT2D eigenvalue weighted by Gasteiger charge is -2.22. The molecule has 0 aliphatic carbocycles. The Hall–Kier alpha value is -3.53. The molecule has 0 aliphatic heterocycles. The molecule has 4 aromatic rings. The van der Waals surface area contributed by atoms with E-state index >= 15 is 0 Å². The molecule has 0 spiro atoms. The van der Waals surface area contributed by atoms with Gasteiger partial charge in [0.05, 0.1) is 0 Å². The summed E-state index contributed by atoms with van der Waals surface area (Å²) < 4.78 is 5.96. The number of phenols is 1. The maximum Gasteiger partial charge on any atom is 0.415 e. The molecule has 0 aromatic heterocycles. The summed E-state index contributed by atoms with van der Waals surface area (Å²) in [5.74, 6) is 0.641. The van der Waals surface area contributed by atoms with Crippen molar-refractivity contribution in [3.63, 3.8) is 0 Å². The molecule has 152 valence electrons. The van der Waals surface area contributed by atoms with Crippen molar-refractivity contribution in [2.45, 2.75) is 20.8 Å². The molecule has 4 heteroatoms. The van der Waals surface area contributed by atoms with Crippen LogP contribution in [0.1, 0.15) is 19.4 Å². The summed E-state index contributed by atoms with van der Waals surface area (Å²) in [6.07, 6.45) is -0.389. The zero-order valence-electron chi connectivity index (χ0n) is 17.5. The van der Waals surface area contributed by atoms with Gasteiger partial charge in [0.1, 0.15) is 11.5 Å². The Balaban J connectivity index is 2.06. The van der Waals surface area contributed by atoms with Crippen LogP contribution in [-0.4, -0.2) is 29.2 Å². The van der Waals surface area contributed by atoms with E-state index in [2.05, 4.69) is 0 Å². The number of benzene rings is 4. The van der Waals surface area contributed by atoms with Crippen LogP contribution in [0.15, 0.2) is 66.7 Å². The molecule has 0 saturated heterocycles. The fourth-order valence-corrected chi connectivity index (χ4v) is 4.00. The van der Waals surface area contributed by atoms with Gasteiger partial charge in [0.25, 0.3) is 0 Å². The Morgan fingerprint density at radius 1 is 0.867 bits per heavy atom. The lowest BCUT2D eigenvalue weighted by atomic mass is 9.90. The number of phenolic OH excluding ortho intramolecular Hbond substituents is 1. The highest BCUT2D eigenvalue weighted by Crippen LogP contribution is 2.46. The van der Waals surface area contributed by atoms with E-state index in [9.17, 15) is 9.90 Å². The number of carbonyl (C=O) groups excluding carboxylic acids is 1. The van der Waals surface area contributed by atoms with Crippen molar-refractivity contribution in [1.82, 2.24) is 4.90 Å².